The van der Waals surface area contributed by atoms with Gasteiger partial charge < -0.3 is 0 Å². The summed E-state index contributed by atoms with van der Waals surface area (Å²) < 4.78 is 28.6. The first-order valence-corrected chi connectivity index (χ1v) is 7.93. The molecule has 3 nitrogen and oxygen atoms in total. The van der Waals surface area contributed by atoms with Crippen LogP contribution in [0.2, 0.25) is 0 Å². The Hall–Kier alpha value is -1.94. The van der Waals surface area contributed by atoms with Crippen molar-refractivity contribution in [3.63, 3.8) is 0 Å². The molecule has 104 valence electrons. The molecule has 0 aromatic heterocycles. The second-order valence-corrected chi connectivity index (χ2v) is 6.15. The fourth-order valence-electron chi connectivity index (χ4n) is 1.86. The van der Waals surface area contributed by atoms with Crippen molar-refractivity contribution < 1.29 is 8.42 Å². The van der Waals surface area contributed by atoms with Gasteiger partial charge in [-0.1, -0.05) is 55.0 Å². The zero-order chi connectivity index (χ0) is 14.6. The van der Waals surface area contributed by atoms with Gasteiger partial charge in [-0.3, -0.25) is 0 Å². The highest BCUT2D eigenvalue weighted by molar-refractivity contribution is 7.90. The Balaban J connectivity index is 2.43. The minimum Gasteiger partial charge on any atom is -0.199 e. The third kappa shape index (κ3) is 3.33. The van der Waals surface area contributed by atoms with Gasteiger partial charge in [0.1, 0.15) is 0 Å². The number of hydrogen-bond donors (Lipinski definition) is 0. The Labute approximate surface area is 120 Å². The molecule has 0 spiro atoms. The Morgan fingerprint density at radius 2 is 1.60 bits per heavy atom. The van der Waals surface area contributed by atoms with E-state index in [1.54, 1.807) is 24.3 Å². The Morgan fingerprint density at radius 3 is 2.15 bits per heavy atom. The van der Waals surface area contributed by atoms with Crippen LogP contribution in [0.1, 0.15) is 24.5 Å². The number of aryl methyl sites for hydroxylation is 1. The number of sulfonamides is 1. The van der Waals surface area contributed by atoms with Gasteiger partial charge in [-0.2, -0.15) is 12.8 Å². The highest BCUT2D eigenvalue weighted by atomic mass is 32.2. The Morgan fingerprint density at radius 1 is 1.00 bits per heavy atom. The van der Waals surface area contributed by atoms with Crippen LogP contribution in [0, 0.1) is 6.92 Å². The third-order valence-corrected chi connectivity index (χ3v) is 4.32. The van der Waals surface area contributed by atoms with Gasteiger partial charge in [-0.05, 0) is 31.0 Å². The molecule has 0 aliphatic rings. The average Bonchev–Trinajstić information content (AvgIpc) is 2.46. The first-order valence-electron chi connectivity index (χ1n) is 6.49. The lowest BCUT2D eigenvalue weighted by atomic mass is 10.1. The van der Waals surface area contributed by atoms with Gasteiger partial charge in [-0.15, -0.1) is 0 Å². The maximum atomic E-state index is 12.3. The van der Waals surface area contributed by atoms with Crippen molar-refractivity contribution >= 4 is 15.7 Å². The maximum Gasteiger partial charge on any atom is 0.282 e. The molecule has 0 saturated heterocycles. The summed E-state index contributed by atoms with van der Waals surface area (Å²) in [6.07, 6.45) is 0.565. The van der Waals surface area contributed by atoms with Gasteiger partial charge in [0, 0.05) is 0 Å². The van der Waals surface area contributed by atoms with Crippen molar-refractivity contribution in [1.29, 1.82) is 0 Å². The summed E-state index contributed by atoms with van der Waals surface area (Å²) in [6.45, 7) is 3.82. The second-order valence-electron chi connectivity index (χ2n) is 4.55. The molecule has 0 saturated carbocycles. The minimum atomic E-state index is -3.65. The Kier molecular flexibility index (Phi) is 4.35. The largest absolute Gasteiger partial charge is 0.282 e. The summed E-state index contributed by atoms with van der Waals surface area (Å²) in [7, 11) is -3.65. The van der Waals surface area contributed by atoms with Crippen molar-refractivity contribution in [3.8, 4) is 0 Å². The molecule has 2 rings (SSSR count). The van der Waals surface area contributed by atoms with E-state index < -0.39 is 10.0 Å². The van der Waals surface area contributed by atoms with E-state index in [0.29, 0.717) is 12.1 Å². The lowest BCUT2D eigenvalue weighted by Crippen LogP contribution is -2.05. The molecule has 20 heavy (non-hydrogen) atoms. The number of rotatable bonds is 4. The number of nitrogens with zero attached hydrogens (tertiary/aromatic N) is 1. The van der Waals surface area contributed by atoms with E-state index in [4.69, 9.17) is 0 Å². The number of benzene rings is 2. The normalized spacial score (nSPS) is 12.4. The first-order chi connectivity index (χ1) is 9.53. The SMILES string of the molecule is CCC(=NS(=O)(=O)c1ccc(C)cc1)c1ccccc1. The van der Waals surface area contributed by atoms with E-state index in [9.17, 15) is 8.42 Å². The van der Waals surface area contributed by atoms with Crippen molar-refractivity contribution in [3.05, 3.63) is 65.7 Å². The predicted octanol–water partition coefficient (Wildman–Crippen LogP) is 3.58. The highest BCUT2D eigenvalue weighted by Crippen LogP contribution is 2.15. The van der Waals surface area contributed by atoms with Crippen molar-refractivity contribution in [1.82, 2.24) is 0 Å². The van der Waals surface area contributed by atoms with Crippen LogP contribution < -0.4 is 0 Å². The molecule has 0 heterocycles. The third-order valence-electron chi connectivity index (χ3n) is 2.99. The molecular formula is C16H17NO2S. The molecule has 2 aromatic carbocycles. The van der Waals surface area contributed by atoms with E-state index in [-0.39, 0.29) is 4.90 Å². The molecule has 0 atom stereocenters. The van der Waals surface area contributed by atoms with E-state index in [0.717, 1.165) is 11.1 Å². The summed E-state index contributed by atoms with van der Waals surface area (Å²) in [6, 6.07) is 16.1. The predicted molar refractivity (Wildman–Crippen MR) is 81.6 cm³/mol. The van der Waals surface area contributed by atoms with Crippen LogP contribution in [-0.2, 0) is 10.0 Å². The van der Waals surface area contributed by atoms with Crippen molar-refractivity contribution in [2.24, 2.45) is 4.40 Å². The second kappa shape index (κ2) is 6.01. The van der Waals surface area contributed by atoms with Crippen LogP contribution >= 0.6 is 0 Å². The average molecular weight is 287 g/mol. The Bertz CT molecular complexity index is 702. The van der Waals surface area contributed by atoms with Crippen molar-refractivity contribution in [2.45, 2.75) is 25.2 Å². The summed E-state index contributed by atoms with van der Waals surface area (Å²) >= 11 is 0. The molecular weight excluding hydrogens is 270 g/mol. The van der Waals surface area contributed by atoms with Crippen LogP contribution in [0.4, 0.5) is 0 Å². The maximum absolute atomic E-state index is 12.3. The molecule has 0 N–H and O–H groups in total. The van der Waals surface area contributed by atoms with Crippen molar-refractivity contribution in [2.75, 3.05) is 0 Å². The van der Waals surface area contributed by atoms with Gasteiger partial charge in [-0.25, -0.2) is 0 Å². The van der Waals surface area contributed by atoms with E-state index in [2.05, 4.69) is 4.40 Å². The van der Waals surface area contributed by atoms with Crippen LogP contribution in [0.15, 0.2) is 63.9 Å². The lowest BCUT2D eigenvalue weighted by molar-refractivity contribution is 0.598. The van der Waals surface area contributed by atoms with Gasteiger partial charge in [0.15, 0.2) is 0 Å². The minimum absolute atomic E-state index is 0.227. The van der Waals surface area contributed by atoms with Crippen LogP contribution in [0.3, 0.4) is 0 Å². The van der Waals surface area contributed by atoms with E-state index in [1.165, 1.54) is 0 Å². The molecule has 2 aromatic rings. The van der Waals surface area contributed by atoms with Crippen LogP contribution in [0.25, 0.3) is 0 Å². The fourth-order valence-corrected chi connectivity index (χ4v) is 2.97. The topological polar surface area (TPSA) is 46.5 Å². The molecule has 0 amide bonds. The van der Waals surface area contributed by atoms with Gasteiger partial charge >= 0.3 is 0 Å². The monoisotopic (exact) mass is 287 g/mol. The summed E-state index contributed by atoms with van der Waals surface area (Å²) in [5, 5.41) is 0. The number of hydrogen-bond acceptors (Lipinski definition) is 2. The lowest BCUT2D eigenvalue weighted by Gasteiger charge is -2.05. The molecule has 0 aliphatic carbocycles. The van der Waals surface area contributed by atoms with Crippen LogP contribution in [-0.4, -0.2) is 14.1 Å². The molecule has 0 unspecified atom stereocenters. The van der Waals surface area contributed by atoms with Gasteiger partial charge in [0.25, 0.3) is 10.0 Å². The smallest absolute Gasteiger partial charge is 0.199 e. The van der Waals surface area contributed by atoms with Gasteiger partial charge in [0.05, 0.1) is 10.6 Å². The standard InChI is InChI=1S/C16H17NO2S/c1-3-16(14-7-5-4-6-8-14)17-20(18,19)15-11-9-13(2)10-12-15/h4-12H,3H2,1-2H3. The summed E-state index contributed by atoms with van der Waals surface area (Å²) in [5.74, 6) is 0. The van der Waals surface area contributed by atoms with Crippen LogP contribution in [0.5, 0.6) is 0 Å². The molecule has 0 fully saturated rings. The summed E-state index contributed by atoms with van der Waals surface area (Å²) in [5.41, 5.74) is 2.43. The molecule has 0 radical (unpaired) electrons. The zero-order valence-corrected chi connectivity index (χ0v) is 12.4. The zero-order valence-electron chi connectivity index (χ0n) is 11.6. The summed E-state index contributed by atoms with van der Waals surface area (Å²) in [4.78, 5) is 0.227. The first kappa shape index (κ1) is 14.5. The molecule has 0 aliphatic heterocycles. The fraction of sp³-hybridized carbons (Fsp3) is 0.188. The highest BCUT2D eigenvalue weighted by Gasteiger charge is 2.14. The molecule has 4 heteroatoms. The quantitative estimate of drug-likeness (QED) is 0.807. The van der Waals surface area contributed by atoms with E-state index >= 15 is 0 Å². The van der Waals surface area contributed by atoms with Gasteiger partial charge in [0.2, 0.25) is 0 Å². The van der Waals surface area contributed by atoms with E-state index in [1.807, 2.05) is 44.2 Å². The molecule has 0 bridgehead atoms.